The first-order valence-corrected chi connectivity index (χ1v) is 17.4. The summed E-state index contributed by atoms with van der Waals surface area (Å²) in [5.41, 5.74) is 9.83. The Balaban J connectivity index is 1.22. The molecule has 2 aromatic heterocycles. The Bertz CT molecular complexity index is 2850. The largest absolute Gasteiger partial charge is 0.456 e. The third kappa shape index (κ3) is 4.55. The summed E-state index contributed by atoms with van der Waals surface area (Å²) >= 11 is 1.86. The smallest absolute Gasteiger partial charge is 0.137 e. The molecule has 8 aromatic carbocycles. The molecular formula is C46H29NOS. The summed E-state index contributed by atoms with van der Waals surface area (Å²) in [4.78, 5) is 2.40. The zero-order chi connectivity index (χ0) is 32.3. The van der Waals surface area contributed by atoms with Crippen molar-refractivity contribution in [3.05, 3.63) is 176 Å². The van der Waals surface area contributed by atoms with E-state index in [1.807, 2.05) is 17.4 Å². The van der Waals surface area contributed by atoms with Crippen molar-refractivity contribution in [3.8, 4) is 22.3 Å². The first kappa shape index (κ1) is 27.9. The van der Waals surface area contributed by atoms with Crippen LogP contribution in [0.25, 0.3) is 75.1 Å². The molecule has 10 aromatic rings. The van der Waals surface area contributed by atoms with E-state index in [0.29, 0.717) is 0 Å². The zero-order valence-electron chi connectivity index (χ0n) is 26.5. The first-order valence-electron chi connectivity index (χ1n) is 16.6. The number of anilines is 3. The zero-order valence-corrected chi connectivity index (χ0v) is 27.3. The molecule has 230 valence electrons. The molecule has 2 nitrogen and oxygen atoms in total. The molecule has 0 amide bonds. The maximum absolute atomic E-state index is 6.40. The van der Waals surface area contributed by atoms with E-state index < -0.39 is 0 Å². The minimum Gasteiger partial charge on any atom is -0.456 e. The molecule has 3 heteroatoms. The molecule has 0 unspecified atom stereocenters. The van der Waals surface area contributed by atoms with Gasteiger partial charge in [-0.1, -0.05) is 121 Å². The fourth-order valence-electron chi connectivity index (χ4n) is 7.49. The fraction of sp³-hybridized carbons (Fsp3) is 0. The van der Waals surface area contributed by atoms with Crippen LogP contribution in [0.2, 0.25) is 0 Å². The molecule has 0 atom stereocenters. The topological polar surface area (TPSA) is 16.4 Å². The third-order valence-corrected chi connectivity index (χ3v) is 10.8. The molecule has 0 bridgehead atoms. The minimum absolute atomic E-state index is 0.875. The van der Waals surface area contributed by atoms with Gasteiger partial charge in [0.2, 0.25) is 0 Å². The van der Waals surface area contributed by atoms with Crippen molar-refractivity contribution >= 4 is 81.3 Å². The van der Waals surface area contributed by atoms with E-state index in [4.69, 9.17) is 4.42 Å². The lowest BCUT2D eigenvalue weighted by molar-refractivity contribution is 0.669. The van der Waals surface area contributed by atoms with Crippen LogP contribution < -0.4 is 4.90 Å². The summed E-state index contributed by atoms with van der Waals surface area (Å²) in [5, 5.41) is 7.30. The van der Waals surface area contributed by atoms with Gasteiger partial charge in [0.05, 0.1) is 11.1 Å². The fourth-order valence-corrected chi connectivity index (χ4v) is 8.62. The van der Waals surface area contributed by atoms with Crippen molar-refractivity contribution in [3.63, 3.8) is 0 Å². The molecule has 49 heavy (non-hydrogen) atoms. The molecule has 0 N–H and O–H groups in total. The molecule has 0 spiro atoms. The maximum Gasteiger partial charge on any atom is 0.137 e. The number of thiophene rings is 1. The molecule has 0 radical (unpaired) electrons. The van der Waals surface area contributed by atoms with Crippen LogP contribution in [-0.2, 0) is 0 Å². The molecule has 0 saturated carbocycles. The Morgan fingerprint density at radius 3 is 1.86 bits per heavy atom. The van der Waals surface area contributed by atoms with Gasteiger partial charge in [-0.25, -0.2) is 0 Å². The molecule has 0 aliphatic heterocycles. The lowest BCUT2D eigenvalue weighted by Crippen LogP contribution is -2.10. The first-order chi connectivity index (χ1) is 24.3. The molecule has 0 aliphatic carbocycles. The third-order valence-electron chi connectivity index (χ3n) is 9.64. The average molecular weight is 644 g/mol. The van der Waals surface area contributed by atoms with Gasteiger partial charge in [-0.05, 0) is 87.6 Å². The van der Waals surface area contributed by atoms with E-state index in [2.05, 4.69) is 175 Å². The van der Waals surface area contributed by atoms with Crippen LogP contribution in [0.3, 0.4) is 0 Å². The van der Waals surface area contributed by atoms with E-state index in [0.717, 1.165) is 39.0 Å². The summed E-state index contributed by atoms with van der Waals surface area (Å²) < 4.78 is 9.02. The highest BCUT2D eigenvalue weighted by molar-refractivity contribution is 7.25. The van der Waals surface area contributed by atoms with Crippen LogP contribution in [0.1, 0.15) is 0 Å². The second-order valence-electron chi connectivity index (χ2n) is 12.5. The van der Waals surface area contributed by atoms with Crippen molar-refractivity contribution in [1.29, 1.82) is 0 Å². The SMILES string of the molecule is c1cc(-c2cccc3ccccc23)cc(N(c2cccc(-c3cccc4sc5ccccc5c34)c2)c2cccc3oc4ccccc4c23)c1. The van der Waals surface area contributed by atoms with Gasteiger partial charge < -0.3 is 9.32 Å². The Morgan fingerprint density at radius 1 is 0.408 bits per heavy atom. The van der Waals surface area contributed by atoms with Crippen molar-refractivity contribution < 1.29 is 4.42 Å². The Morgan fingerprint density at radius 2 is 1.00 bits per heavy atom. The highest BCUT2D eigenvalue weighted by Gasteiger charge is 2.21. The highest BCUT2D eigenvalue weighted by atomic mass is 32.1. The molecule has 2 heterocycles. The predicted molar refractivity (Wildman–Crippen MR) is 210 cm³/mol. The van der Waals surface area contributed by atoms with E-state index in [-0.39, 0.29) is 0 Å². The van der Waals surface area contributed by atoms with Gasteiger partial charge in [0.1, 0.15) is 11.2 Å². The summed E-state index contributed by atoms with van der Waals surface area (Å²) in [5.74, 6) is 0. The van der Waals surface area contributed by atoms with Crippen molar-refractivity contribution in [2.45, 2.75) is 0 Å². The van der Waals surface area contributed by atoms with Crippen molar-refractivity contribution in [2.75, 3.05) is 4.90 Å². The van der Waals surface area contributed by atoms with Gasteiger partial charge in [-0.15, -0.1) is 11.3 Å². The van der Waals surface area contributed by atoms with Crippen LogP contribution in [0.4, 0.5) is 17.1 Å². The van der Waals surface area contributed by atoms with Gasteiger partial charge in [-0.2, -0.15) is 0 Å². The molecule has 0 fully saturated rings. The number of nitrogens with zero attached hydrogens (tertiary/aromatic N) is 1. The van der Waals surface area contributed by atoms with Crippen LogP contribution in [0, 0.1) is 0 Å². The van der Waals surface area contributed by atoms with Gasteiger partial charge >= 0.3 is 0 Å². The number of para-hydroxylation sites is 1. The van der Waals surface area contributed by atoms with Gasteiger partial charge in [0, 0.05) is 36.9 Å². The highest BCUT2D eigenvalue weighted by Crippen LogP contribution is 2.46. The Kier molecular flexibility index (Phi) is 6.39. The molecule has 0 saturated heterocycles. The molecule has 10 rings (SSSR count). The standard InChI is InChI=1S/C46H29NOS/c1-2-18-35-30(12-1)13-9-21-36(35)31-14-7-16-33(28-31)47(40-23-11-25-42-46(40)38-19-3-5-24-41(38)48-42)34-17-8-15-32(29-34)37-22-10-27-44-45(37)39-20-4-6-26-43(39)49-44/h1-29H. The van der Waals surface area contributed by atoms with Crippen LogP contribution in [0.5, 0.6) is 0 Å². The van der Waals surface area contributed by atoms with Crippen LogP contribution in [0.15, 0.2) is 180 Å². The van der Waals surface area contributed by atoms with Gasteiger partial charge in [0.25, 0.3) is 0 Å². The van der Waals surface area contributed by atoms with E-state index >= 15 is 0 Å². The lowest BCUT2D eigenvalue weighted by Gasteiger charge is -2.27. The Labute approximate surface area is 287 Å². The van der Waals surface area contributed by atoms with Gasteiger partial charge in [0.15, 0.2) is 0 Å². The second-order valence-corrected chi connectivity index (χ2v) is 13.6. The van der Waals surface area contributed by atoms with Gasteiger partial charge in [-0.3, -0.25) is 0 Å². The number of benzene rings is 8. The van der Waals surface area contributed by atoms with Crippen LogP contribution >= 0.6 is 11.3 Å². The minimum atomic E-state index is 0.875. The number of hydrogen-bond donors (Lipinski definition) is 0. The van der Waals surface area contributed by atoms with E-state index in [1.165, 1.54) is 53.2 Å². The number of rotatable bonds is 5. The summed E-state index contributed by atoms with van der Waals surface area (Å²) in [6, 6.07) is 63.3. The van der Waals surface area contributed by atoms with Crippen molar-refractivity contribution in [1.82, 2.24) is 0 Å². The maximum atomic E-state index is 6.40. The quantitative estimate of drug-likeness (QED) is 0.186. The lowest BCUT2D eigenvalue weighted by atomic mass is 9.97. The number of furan rings is 1. The number of hydrogen-bond acceptors (Lipinski definition) is 3. The Hall–Kier alpha value is -6.16. The normalized spacial score (nSPS) is 11.7. The predicted octanol–water partition coefficient (Wildman–Crippen LogP) is 13.9. The van der Waals surface area contributed by atoms with Crippen molar-refractivity contribution in [2.24, 2.45) is 0 Å². The summed E-state index contributed by atoms with van der Waals surface area (Å²) in [6.45, 7) is 0. The average Bonchev–Trinajstić information content (AvgIpc) is 3.74. The molecule has 0 aliphatic rings. The second kappa shape index (κ2) is 11.2. The summed E-state index contributed by atoms with van der Waals surface area (Å²) in [7, 11) is 0. The summed E-state index contributed by atoms with van der Waals surface area (Å²) in [6.07, 6.45) is 0. The van der Waals surface area contributed by atoms with E-state index in [9.17, 15) is 0 Å². The van der Waals surface area contributed by atoms with E-state index in [1.54, 1.807) is 0 Å². The number of fused-ring (bicyclic) bond motifs is 7. The monoisotopic (exact) mass is 643 g/mol. The van der Waals surface area contributed by atoms with Crippen LogP contribution in [-0.4, -0.2) is 0 Å². The molecular weight excluding hydrogens is 615 g/mol.